The van der Waals surface area contributed by atoms with E-state index in [0.717, 1.165) is 8.46 Å². The quantitative estimate of drug-likeness (QED) is 0.593. The van der Waals surface area contributed by atoms with Gasteiger partial charge in [-0.1, -0.05) is 13.0 Å². The zero-order chi connectivity index (χ0) is 11.8. The first-order valence-electron chi connectivity index (χ1n) is 4.92. The molecular weight excluding hydrogens is 339 g/mol. The third-order valence-electron chi connectivity index (χ3n) is 2.59. The average molecular weight is 350 g/mol. The van der Waals surface area contributed by atoms with Crippen molar-refractivity contribution in [2.45, 2.75) is 25.9 Å². The summed E-state index contributed by atoms with van der Waals surface area (Å²) < 4.78 is 11.3. The van der Waals surface area contributed by atoms with E-state index >= 15 is 0 Å². The van der Waals surface area contributed by atoms with E-state index in [1.54, 1.807) is 11.3 Å². The lowest BCUT2D eigenvalue weighted by Gasteiger charge is -2.19. The molecular formula is C11H11IO3S. The van der Waals surface area contributed by atoms with Crippen molar-refractivity contribution >= 4 is 43.7 Å². The summed E-state index contributed by atoms with van der Waals surface area (Å²) >= 11 is 3.82. The zero-order valence-electron chi connectivity index (χ0n) is 8.95. The minimum Gasteiger partial charge on any atom is -0.419 e. The summed E-state index contributed by atoms with van der Waals surface area (Å²) in [4.78, 5) is 12.3. The topological polar surface area (TPSA) is 35.5 Å². The first kappa shape index (κ1) is 11.9. The lowest BCUT2D eigenvalue weighted by atomic mass is 10.0. The van der Waals surface area contributed by atoms with Gasteiger partial charge >= 0.3 is 6.16 Å². The first-order chi connectivity index (χ1) is 7.57. The van der Waals surface area contributed by atoms with Crippen LogP contribution in [0.15, 0.2) is 23.3 Å². The Morgan fingerprint density at radius 3 is 2.94 bits per heavy atom. The lowest BCUT2D eigenvalue weighted by Crippen LogP contribution is -2.24. The van der Waals surface area contributed by atoms with Gasteiger partial charge in [0, 0.05) is 4.88 Å². The Kier molecular flexibility index (Phi) is 3.25. The van der Waals surface area contributed by atoms with Gasteiger partial charge in [0.1, 0.15) is 0 Å². The van der Waals surface area contributed by atoms with Crippen molar-refractivity contribution in [1.29, 1.82) is 0 Å². The lowest BCUT2D eigenvalue weighted by molar-refractivity contribution is 0.0747. The molecule has 1 aromatic heterocycles. The largest absolute Gasteiger partial charge is 0.514 e. The molecule has 5 heteroatoms. The second-order valence-corrected chi connectivity index (χ2v) is 5.69. The highest BCUT2D eigenvalue weighted by molar-refractivity contribution is 14.1. The third kappa shape index (κ3) is 1.98. The number of carbonyl (C=O) groups excluding carboxylic acids is 1. The Morgan fingerprint density at radius 2 is 2.38 bits per heavy atom. The number of hydrogen-bond acceptors (Lipinski definition) is 4. The normalized spacial score (nSPS) is 27.6. The Morgan fingerprint density at radius 1 is 1.62 bits per heavy atom. The fourth-order valence-electron chi connectivity index (χ4n) is 1.47. The monoisotopic (exact) mass is 350 g/mol. The van der Waals surface area contributed by atoms with Crippen LogP contribution in [0.25, 0.3) is 3.58 Å². The van der Waals surface area contributed by atoms with Crippen molar-refractivity contribution in [3.8, 4) is 0 Å². The van der Waals surface area contributed by atoms with Gasteiger partial charge in [-0.3, -0.25) is 0 Å². The predicted octanol–water partition coefficient (Wildman–Crippen LogP) is 4.19. The van der Waals surface area contributed by atoms with Gasteiger partial charge in [-0.2, -0.15) is 0 Å². The number of hydrogen-bond donors (Lipinski definition) is 0. The zero-order valence-corrected chi connectivity index (χ0v) is 11.9. The maximum atomic E-state index is 11.2. The van der Waals surface area contributed by atoms with Gasteiger partial charge in [-0.25, -0.2) is 4.79 Å². The summed E-state index contributed by atoms with van der Waals surface area (Å²) in [6.45, 7) is 3.85. The molecule has 1 aromatic rings. The van der Waals surface area contributed by atoms with E-state index in [4.69, 9.17) is 9.47 Å². The fraction of sp³-hybridized carbons (Fsp3) is 0.364. The average Bonchev–Trinajstić information content (AvgIpc) is 2.86. The molecule has 1 fully saturated rings. The molecule has 16 heavy (non-hydrogen) atoms. The van der Waals surface area contributed by atoms with Crippen molar-refractivity contribution < 1.29 is 14.3 Å². The molecule has 0 spiro atoms. The second-order valence-electron chi connectivity index (χ2n) is 3.66. The molecule has 1 aliphatic heterocycles. The molecule has 1 aliphatic rings. The van der Waals surface area contributed by atoms with E-state index in [0.29, 0.717) is 12.2 Å². The molecule has 1 saturated heterocycles. The van der Waals surface area contributed by atoms with Crippen molar-refractivity contribution in [3.05, 3.63) is 28.1 Å². The molecule has 1 atom stereocenters. The van der Waals surface area contributed by atoms with Crippen molar-refractivity contribution in [1.82, 2.24) is 0 Å². The Hall–Kier alpha value is -0.560. The van der Waals surface area contributed by atoms with Gasteiger partial charge in [-0.15, -0.1) is 11.3 Å². The van der Waals surface area contributed by atoms with Gasteiger partial charge in [0.25, 0.3) is 0 Å². The fourth-order valence-corrected chi connectivity index (χ4v) is 3.37. The third-order valence-corrected chi connectivity index (χ3v) is 4.91. The summed E-state index contributed by atoms with van der Waals surface area (Å²) in [5.41, 5.74) is -0.627. The van der Waals surface area contributed by atoms with E-state index in [-0.39, 0.29) is 0 Å². The molecule has 0 N–H and O–H groups in total. The minimum atomic E-state index is -0.627. The Bertz CT molecular complexity index is 438. The number of halogens is 1. The van der Waals surface area contributed by atoms with Crippen molar-refractivity contribution in [2.24, 2.45) is 0 Å². The van der Waals surface area contributed by atoms with Gasteiger partial charge < -0.3 is 9.47 Å². The molecule has 0 saturated carbocycles. The number of rotatable bonds is 2. The SMILES string of the molecule is CCC1(C)OC(=O)O/C1=C(/I)c1cccs1. The summed E-state index contributed by atoms with van der Waals surface area (Å²) in [5, 5.41) is 2.00. The van der Waals surface area contributed by atoms with Crippen LogP contribution in [0.4, 0.5) is 4.79 Å². The molecule has 0 aromatic carbocycles. The molecule has 86 valence electrons. The second kappa shape index (κ2) is 4.37. The highest BCUT2D eigenvalue weighted by Crippen LogP contribution is 2.41. The molecule has 0 radical (unpaired) electrons. The minimum absolute atomic E-state index is 0.606. The van der Waals surface area contributed by atoms with Crippen LogP contribution in [0.5, 0.6) is 0 Å². The van der Waals surface area contributed by atoms with E-state index < -0.39 is 11.8 Å². The van der Waals surface area contributed by atoms with Crippen LogP contribution in [-0.2, 0) is 9.47 Å². The molecule has 2 heterocycles. The van der Waals surface area contributed by atoms with Gasteiger partial charge in [0.2, 0.25) is 0 Å². The molecule has 0 aliphatic carbocycles. The van der Waals surface area contributed by atoms with Crippen LogP contribution in [0.2, 0.25) is 0 Å². The highest BCUT2D eigenvalue weighted by atomic mass is 127. The van der Waals surface area contributed by atoms with E-state index in [1.807, 2.05) is 31.4 Å². The number of carbonyl (C=O) groups is 1. The van der Waals surface area contributed by atoms with Crippen molar-refractivity contribution in [2.75, 3.05) is 0 Å². The number of ether oxygens (including phenoxy) is 2. The molecule has 0 bridgehead atoms. The van der Waals surface area contributed by atoms with Crippen LogP contribution < -0.4 is 0 Å². The van der Waals surface area contributed by atoms with E-state index in [1.165, 1.54) is 0 Å². The summed E-state index contributed by atoms with van der Waals surface area (Å²) in [6, 6.07) is 3.97. The molecule has 0 amide bonds. The predicted molar refractivity (Wildman–Crippen MR) is 71.5 cm³/mol. The van der Waals surface area contributed by atoms with Gasteiger partial charge in [0.15, 0.2) is 11.4 Å². The van der Waals surface area contributed by atoms with Crippen LogP contribution >= 0.6 is 33.9 Å². The standard InChI is InChI=1S/C11H11IO3S/c1-3-11(2)9(14-10(13)15-11)8(12)7-5-4-6-16-7/h4-6H,3H2,1-2H3/b9-8+. The van der Waals surface area contributed by atoms with Crippen LogP contribution in [0.1, 0.15) is 25.1 Å². The summed E-state index contributed by atoms with van der Waals surface area (Å²) in [7, 11) is 0. The van der Waals surface area contributed by atoms with Gasteiger partial charge in [-0.05, 0) is 47.4 Å². The Balaban J connectivity index is 2.46. The van der Waals surface area contributed by atoms with E-state index in [9.17, 15) is 4.79 Å². The van der Waals surface area contributed by atoms with Crippen LogP contribution in [-0.4, -0.2) is 11.8 Å². The first-order valence-corrected chi connectivity index (χ1v) is 6.87. The number of cyclic esters (lactones) is 2. The van der Waals surface area contributed by atoms with Gasteiger partial charge in [0.05, 0.1) is 3.58 Å². The molecule has 1 unspecified atom stereocenters. The highest BCUT2D eigenvalue weighted by Gasteiger charge is 2.44. The van der Waals surface area contributed by atoms with E-state index in [2.05, 4.69) is 22.6 Å². The Labute approximate surface area is 112 Å². The maximum absolute atomic E-state index is 11.2. The maximum Gasteiger partial charge on any atom is 0.514 e. The van der Waals surface area contributed by atoms with Crippen LogP contribution in [0, 0.1) is 0 Å². The van der Waals surface area contributed by atoms with Crippen molar-refractivity contribution in [3.63, 3.8) is 0 Å². The molecule has 2 rings (SSSR count). The van der Waals surface area contributed by atoms with Crippen LogP contribution in [0.3, 0.4) is 0 Å². The smallest absolute Gasteiger partial charge is 0.419 e. The summed E-state index contributed by atoms with van der Waals surface area (Å²) in [6.07, 6.45) is 0.0939. The molecule has 3 nitrogen and oxygen atoms in total. The number of thiophene rings is 1. The summed E-state index contributed by atoms with van der Waals surface area (Å²) in [5.74, 6) is 0.628.